The number of rotatable bonds is 0. The zero-order valence-corrected chi connectivity index (χ0v) is 11.4. The molecule has 0 saturated heterocycles. The lowest BCUT2D eigenvalue weighted by molar-refractivity contribution is -0.153. The van der Waals surface area contributed by atoms with Crippen molar-refractivity contribution in [3.8, 4) is 0 Å². The molecule has 1 heterocycles. The zero-order valence-electron chi connectivity index (χ0n) is 11.4. The Hall–Kier alpha value is -1.42. The lowest BCUT2D eigenvalue weighted by Crippen LogP contribution is -2.62. The van der Waals surface area contributed by atoms with Crippen LogP contribution in [0.3, 0.4) is 0 Å². The molecule has 0 aromatic heterocycles. The summed E-state index contributed by atoms with van der Waals surface area (Å²) < 4.78 is 5.61. The molecule has 0 spiro atoms. The Bertz CT molecular complexity index is 544. The summed E-state index contributed by atoms with van der Waals surface area (Å²) >= 11 is 0. The summed E-state index contributed by atoms with van der Waals surface area (Å²) in [5.41, 5.74) is -1.17. The number of ether oxygens (including phenoxy) is 1. The molecule has 3 aliphatic rings. The molecular weight excluding hydrogens is 244 g/mol. The topological polar surface area (TPSA) is 63.6 Å². The second-order valence-electron chi connectivity index (χ2n) is 6.15. The van der Waals surface area contributed by atoms with Gasteiger partial charge >= 0.3 is 0 Å². The molecule has 102 valence electrons. The highest BCUT2D eigenvalue weighted by Crippen LogP contribution is 2.55. The van der Waals surface area contributed by atoms with E-state index in [2.05, 4.69) is 0 Å². The first kappa shape index (κ1) is 12.6. The molecule has 4 nitrogen and oxygen atoms in total. The normalized spacial score (nSPS) is 45.1. The number of aliphatic hydroxyl groups is 1. The van der Waals surface area contributed by atoms with Crippen molar-refractivity contribution >= 4 is 11.6 Å². The molecular formula is C15H18O4. The minimum Gasteiger partial charge on any atom is -0.493 e. The first-order valence-electron chi connectivity index (χ1n) is 6.67. The van der Waals surface area contributed by atoms with Gasteiger partial charge < -0.3 is 9.84 Å². The fourth-order valence-corrected chi connectivity index (χ4v) is 3.69. The van der Waals surface area contributed by atoms with Gasteiger partial charge in [-0.05, 0) is 25.3 Å². The first-order chi connectivity index (χ1) is 8.82. The Morgan fingerprint density at radius 3 is 2.79 bits per heavy atom. The Morgan fingerprint density at radius 1 is 1.42 bits per heavy atom. The summed E-state index contributed by atoms with van der Waals surface area (Å²) in [6, 6.07) is 0. The van der Waals surface area contributed by atoms with Gasteiger partial charge in [0.05, 0.1) is 6.26 Å². The number of Topliss-reactive ketones (excluding diaryl/α,β-unsaturated/α-hetero) is 1. The minimum absolute atomic E-state index is 0.00385. The lowest BCUT2D eigenvalue weighted by atomic mass is 9.54. The van der Waals surface area contributed by atoms with Gasteiger partial charge in [-0.15, -0.1) is 0 Å². The van der Waals surface area contributed by atoms with Crippen molar-refractivity contribution in [1.29, 1.82) is 0 Å². The van der Waals surface area contributed by atoms with Crippen molar-refractivity contribution in [2.45, 2.75) is 45.3 Å². The SMILES string of the molecule is CC1=COC2C1(O)C(=O)C=C1C(=O)CCC(C)C12C. The van der Waals surface area contributed by atoms with E-state index in [9.17, 15) is 14.7 Å². The molecule has 1 N–H and O–H groups in total. The molecule has 0 amide bonds. The lowest BCUT2D eigenvalue weighted by Gasteiger charge is -2.50. The number of carbonyl (C=O) groups is 2. The molecule has 0 radical (unpaired) electrons. The van der Waals surface area contributed by atoms with Crippen LogP contribution in [0, 0.1) is 11.3 Å². The van der Waals surface area contributed by atoms with Gasteiger partial charge in [-0.25, -0.2) is 0 Å². The summed E-state index contributed by atoms with van der Waals surface area (Å²) in [6.45, 7) is 5.66. The van der Waals surface area contributed by atoms with Crippen molar-refractivity contribution in [3.63, 3.8) is 0 Å². The third kappa shape index (κ3) is 1.27. The molecule has 1 aliphatic heterocycles. The largest absolute Gasteiger partial charge is 0.493 e. The molecule has 3 rings (SSSR count). The Labute approximate surface area is 112 Å². The van der Waals surface area contributed by atoms with Gasteiger partial charge in [0.2, 0.25) is 0 Å². The van der Waals surface area contributed by atoms with Crippen molar-refractivity contribution in [3.05, 3.63) is 23.5 Å². The highest BCUT2D eigenvalue weighted by atomic mass is 16.5. The van der Waals surface area contributed by atoms with Crippen LogP contribution in [-0.4, -0.2) is 28.4 Å². The number of ketones is 2. The fraction of sp³-hybridized carbons (Fsp3) is 0.600. The second kappa shape index (κ2) is 3.57. The zero-order chi connectivity index (χ0) is 14.0. The highest BCUT2D eigenvalue weighted by molar-refractivity contribution is 6.10. The second-order valence-corrected chi connectivity index (χ2v) is 6.15. The predicted molar refractivity (Wildman–Crippen MR) is 68.2 cm³/mol. The summed E-state index contributed by atoms with van der Waals surface area (Å²) in [7, 11) is 0. The van der Waals surface area contributed by atoms with Crippen molar-refractivity contribution < 1.29 is 19.4 Å². The van der Waals surface area contributed by atoms with E-state index in [1.807, 2.05) is 13.8 Å². The molecule has 19 heavy (non-hydrogen) atoms. The van der Waals surface area contributed by atoms with Crippen LogP contribution in [0.4, 0.5) is 0 Å². The highest BCUT2D eigenvalue weighted by Gasteiger charge is 2.64. The van der Waals surface area contributed by atoms with E-state index in [0.717, 1.165) is 6.42 Å². The average molecular weight is 262 g/mol. The average Bonchev–Trinajstić information content (AvgIpc) is 2.67. The van der Waals surface area contributed by atoms with Crippen molar-refractivity contribution in [1.82, 2.24) is 0 Å². The molecule has 1 fully saturated rings. The summed E-state index contributed by atoms with van der Waals surface area (Å²) in [5, 5.41) is 10.8. The van der Waals surface area contributed by atoms with Crippen LogP contribution in [0.15, 0.2) is 23.5 Å². The van der Waals surface area contributed by atoms with E-state index in [4.69, 9.17) is 4.74 Å². The number of hydrogen-bond acceptors (Lipinski definition) is 4. The van der Waals surface area contributed by atoms with Gasteiger partial charge in [0.25, 0.3) is 0 Å². The van der Waals surface area contributed by atoms with Crippen LogP contribution < -0.4 is 0 Å². The van der Waals surface area contributed by atoms with Crippen LogP contribution in [0.5, 0.6) is 0 Å². The van der Waals surface area contributed by atoms with Gasteiger partial charge in [0.15, 0.2) is 17.2 Å². The Morgan fingerprint density at radius 2 is 2.11 bits per heavy atom. The molecule has 4 heteroatoms. The van der Waals surface area contributed by atoms with E-state index in [0.29, 0.717) is 17.6 Å². The van der Waals surface area contributed by atoms with Crippen LogP contribution in [0.25, 0.3) is 0 Å². The molecule has 4 unspecified atom stereocenters. The van der Waals surface area contributed by atoms with Crippen LogP contribution in [-0.2, 0) is 14.3 Å². The maximum absolute atomic E-state index is 12.3. The summed E-state index contributed by atoms with van der Waals surface area (Å²) in [4.78, 5) is 24.4. The third-order valence-corrected chi connectivity index (χ3v) is 5.27. The Kier molecular flexibility index (Phi) is 2.37. The van der Waals surface area contributed by atoms with E-state index in [1.165, 1.54) is 12.3 Å². The maximum Gasteiger partial charge on any atom is 0.195 e. The van der Waals surface area contributed by atoms with Crippen LogP contribution in [0.2, 0.25) is 0 Å². The summed E-state index contributed by atoms with van der Waals surface area (Å²) in [5.74, 6) is -0.247. The molecule has 4 atom stereocenters. The number of fused-ring (bicyclic) bond motifs is 3. The smallest absolute Gasteiger partial charge is 0.195 e. The number of hydrogen-bond donors (Lipinski definition) is 1. The maximum atomic E-state index is 12.3. The van der Waals surface area contributed by atoms with E-state index in [1.54, 1.807) is 6.92 Å². The van der Waals surface area contributed by atoms with Gasteiger partial charge in [-0.3, -0.25) is 9.59 Å². The molecule has 1 saturated carbocycles. The quantitative estimate of drug-likeness (QED) is 0.719. The van der Waals surface area contributed by atoms with Crippen LogP contribution >= 0.6 is 0 Å². The molecule has 0 aromatic rings. The van der Waals surface area contributed by atoms with Crippen molar-refractivity contribution in [2.24, 2.45) is 11.3 Å². The first-order valence-corrected chi connectivity index (χ1v) is 6.67. The Balaban J connectivity index is 2.22. The monoisotopic (exact) mass is 262 g/mol. The predicted octanol–water partition coefficient (Wildman–Crippen LogP) is 1.53. The third-order valence-electron chi connectivity index (χ3n) is 5.27. The molecule has 0 aromatic carbocycles. The van der Waals surface area contributed by atoms with E-state index in [-0.39, 0.29) is 11.7 Å². The van der Waals surface area contributed by atoms with Crippen molar-refractivity contribution in [2.75, 3.05) is 0 Å². The molecule has 0 bridgehead atoms. The summed E-state index contributed by atoms with van der Waals surface area (Å²) in [6.07, 6.45) is 3.34. The van der Waals surface area contributed by atoms with Gasteiger partial charge in [0.1, 0.15) is 6.10 Å². The van der Waals surface area contributed by atoms with Crippen LogP contribution in [0.1, 0.15) is 33.6 Å². The van der Waals surface area contributed by atoms with E-state index < -0.39 is 22.9 Å². The molecule has 2 aliphatic carbocycles. The van der Waals surface area contributed by atoms with Gasteiger partial charge in [-0.2, -0.15) is 0 Å². The fourth-order valence-electron chi connectivity index (χ4n) is 3.69. The standard InChI is InChI=1S/C15H18O4/c1-8-4-5-11(16)10-6-12(17)15(18)9(2)7-19-13(15)14(8,10)3/h6-8,13,18H,4-5H2,1-3H3. The van der Waals surface area contributed by atoms with E-state index >= 15 is 0 Å². The van der Waals surface area contributed by atoms with Gasteiger partial charge in [-0.1, -0.05) is 13.8 Å². The number of carbonyl (C=O) groups excluding carboxylic acids is 2. The minimum atomic E-state index is -1.61. The van der Waals surface area contributed by atoms with Gasteiger partial charge in [0, 0.05) is 23.0 Å².